The molecule has 8 aromatic carbocycles. The summed E-state index contributed by atoms with van der Waals surface area (Å²) in [5.74, 6) is 0. The molecule has 0 saturated carbocycles. The zero-order chi connectivity index (χ0) is 32.3. The number of para-hydroxylation sites is 1. The first-order valence-electron chi connectivity index (χ1n) is 16.6. The fourth-order valence-electron chi connectivity index (χ4n) is 7.28. The normalized spacial score (nSPS) is 11.7. The van der Waals surface area contributed by atoms with E-state index in [1.54, 1.807) is 0 Å². The fraction of sp³-hybridized carbons (Fsp3) is 0. The van der Waals surface area contributed by atoms with E-state index in [0.29, 0.717) is 0 Å². The Morgan fingerprint density at radius 3 is 1.94 bits per heavy atom. The lowest BCUT2D eigenvalue weighted by Gasteiger charge is -2.26. The molecule has 0 bridgehead atoms. The third kappa shape index (κ3) is 4.62. The van der Waals surface area contributed by atoms with Gasteiger partial charge in [0.05, 0.1) is 10.4 Å². The summed E-state index contributed by atoms with van der Waals surface area (Å²) in [6, 6.07) is 63.2. The highest BCUT2D eigenvalue weighted by molar-refractivity contribution is 7.27. The molecule has 49 heavy (non-hydrogen) atoms. The van der Waals surface area contributed by atoms with E-state index in [1.165, 1.54) is 47.8 Å². The number of anilines is 3. The largest absolute Gasteiger partial charge is 0.456 e. The molecule has 2 nitrogen and oxygen atoms in total. The first-order chi connectivity index (χ1) is 24.3. The van der Waals surface area contributed by atoms with Crippen molar-refractivity contribution in [1.82, 2.24) is 0 Å². The number of furan rings is 1. The summed E-state index contributed by atoms with van der Waals surface area (Å²) in [4.78, 5) is 2.42. The first-order valence-corrected chi connectivity index (χ1v) is 17.4. The summed E-state index contributed by atoms with van der Waals surface area (Å²) in [6.07, 6.45) is 0. The van der Waals surface area contributed by atoms with Crippen LogP contribution in [0.3, 0.4) is 0 Å². The van der Waals surface area contributed by atoms with Gasteiger partial charge in [-0.25, -0.2) is 0 Å². The van der Waals surface area contributed by atoms with Crippen LogP contribution in [0.4, 0.5) is 17.1 Å². The van der Waals surface area contributed by atoms with E-state index in [9.17, 15) is 0 Å². The molecule has 0 aliphatic heterocycles. The summed E-state index contributed by atoms with van der Waals surface area (Å²) >= 11 is 1.88. The molecule has 0 unspecified atom stereocenters. The van der Waals surface area contributed by atoms with Crippen LogP contribution in [0.15, 0.2) is 180 Å². The van der Waals surface area contributed by atoms with Gasteiger partial charge in [-0.2, -0.15) is 0 Å². The lowest BCUT2D eigenvalue weighted by Crippen LogP contribution is -2.10. The maximum atomic E-state index is 6.22. The van der Waals surface area contributed by atoms with E-state index in [2.05, 4.69) is 169 Å². The Hall–Kier alpha value is -6.16. The van der Waals surface area contributed by atoms with Gasteiger partial charge in [-0.15, -0.1) is 11.3 Å². The smallest absolute Gasteiger partial charge is 0.136 e. The van der Waals surface area contributed by atoms with E-state index in [1.807, 2.05) is 23.5 Å². The van der Waals surface area contributed by atoms with Crippen LogP contribution in [0.2, 0.25) is 0 Å². The fourth-order valence-corrected chi connectivity index (χ4v) is 8.62. The van der Waals surface area contributed by atoms with Gasteiger partial charge in [-0.1, -0.05) is 127 Å². The molecule has 2 heterocycles. The maximum Gasteiger partial charge on any atom is 0.136 e. The highest BCUT2D eigenvalue weighted by Gasteiger charge is 2.20. The minimum atomic E-state index is 0.909. The van der Waals surface area contributed by atoms with Gasteiger partial charge in [-0.05, 0) is 81.6 Å². The molecular weight excluding hydrogens is 615 g/mol. The lowest BCUT2D eigenvalue weighted by atomic mass is 10.0. The van der Waals surface area contributed by atoms with Gasteiger partial charge in [0, 0.05) is 37.6 Å². The van der Waals surface area contributed by atoms with Crippen molar-refractivity contribution in [3.05, 3.63) is 176 Å². The van der Waals surface area contributed by atoms with Crippen molar-refractivity contribution in [2.45, 2.75) is 0 Å². The molecule has 2 aromatic heterocycles. The molecule has 0 saturated heterocycles. The van der Waals surface area contributed by atoms with Gasteiger partial charge < -0.3 is 9.32 Å². The van der Waals surface area contributed by atoms with Gasteiger partial charge >= 0.3 is 0 Å². The molecule has 0 aliphatic carbocycles. The summed E-state index contributed by atoms with van der Waals surface area (Å²) in [5, 5.41) is 7.31. The minimum absolute atomic E-state index is 0.909. The van der Waals surface area contributed by atoms with Crippen LogP contribution >= 0.6 is 11.3 Å². The molecule has 0 aliphatic rings. The van der Waals surface area contributed by atoms with Gasteiger partial charge in [0.1, 0.15) is 11.2 Å². The second kappa shape index (κ2) is 11.2. The van der Waals surface area contributed by atoms with Crippen LogP contribution in [0, 0.1) is 0 Å². The summed E-state index contributed by atoms with van der Waals surface area (Å²) in [7, 11) is 0. The van der Waals surface area contributed by atoms with E-state index in [-0.39, 0.29) is 0 Å². The average Bonchev–Trinajstić information content (AvgIpc) is 3.74. The van der Waals surface area contributed by atoms with E-state index in [4.69, 9.17) is 4.42 Å². The monoisotopic (exact) mass is 643 g/mol. The Labute approximate surface area is 287 Å². The van der Waals surface area contributed by atoms with Crippen LogP contribution in [-0.4, -0.2) is 0 Å². The van der Waals surface area contributed by atoms with Crippen molar-refractivity contribution >= 4 is 81.3 Å². The van der Waals surface area contributed by atoms with Crippen LogP contribution in [0.25, 0.3) is 75.1 Å². The van der Waals surface area contributed by atoms with Gasteiger partial charge in [0.25, 0.3) is 0 Å². The SMILES string of the molecule is c1ccc(-c2cccc3c2sc2c(N(c4ccc(-c5ccc6c(c5)oc5ccccc56)cc4)c4ccc5ccccc5c4)cccc23)cc1. The third-order valence-electron chi connectivity index (χ3n) is 9.66. The predicted molar refractivity (Wildman–Crippen MR) is 210 cm³/mol. The second-order valence-electron chi connectivity index (χ2n) is 12.5. The minimum Gasteiger partial charge on any atom is -0.456 e. The van der Waals surface area contributed by atoms with E-state index >= 15 is 0 Å². The molecule has 0 N–H and O–H groups in total. The highest BCUT2D eigenvalue weighted by Crippen LogP contribution is 2.47. The number of benzene rings is 8. The molecule has 0 fully saturated rings. The number of hydrogen-bond donors (Lipinski definition) is 0. The number of hydrogen-bond acceptors (Lipinski definition) is 3. The second-order valence-corrected chi connectivity index (χ2v) is 13.5. The lowest BCUT2D eigenvalue weighted by molar-refractivity contribution is 0.669. The summed E-state index contributed by atoms with van der Waals surface area (Å²) in [5.41, 5.74) is 10.0. The van der Waals surface area contributed by atoms with E-state index < -0.39 is 0 Å². The van der Waals surface area contributed by atoms with Crippen LogP contribution in [-0.2, 0) is 0 Å². The van der Waals surface area contributed by atoms with Crippen LogP contribution in [0.5, 0.6) is 0 Å². The summed E-state index contributed by atoms with van der Waals surface area (Å²) in [6.45, 7) is 0. The zero-order valence-electron chi connectivity index (χ0n) is 26.5. The average molecular weight is 644 g/mol. The summed E-state index contributed by atoms with van der Waals surface area (Å²) < 4.78 is 8.81. The number of thiophene rings is 1. The molecule has 0 spiro atoms. The molecule has 0 radical (unpaired) electrons. The molecule has 0 amide bonds. The Bertz CT molecular complexity index is 2830. The number of nitrogens with zero attached hydrogens (tertiary/aromatic N) is 1. The van der Waals surface area contributed by atoms with Crippen molar-refractivity contribution in [3.8, 4) is 22.3 Å². The first kappa shape index (κ1) is 27.9. The zero-order valence-corrected chi connectivity index (χ0v) is 27.3. The van der Waals surface area contributed by atoms with Gasteiger partial charge in [-0.3, -0.25) is 0 Å². The van der Waals surface area contributed by atoms with Crippen LogP contribution in [0.1, 0.15) is 0 Å². The van der Waals surface area contributed by atoms with Crippen LogP contribution < -0.4 is 4.90 Å². The van der Waals surface area contributed by atoms with Crippen molar-refractivity contribution < 1.29 is 4.42 Å². The van der Waals surface area contributed by atoms with Crippen molar-refractivity contribution in [1.29, 1.82) is 0 Å². The Morgan fingerprint density at radius 1 is 0.388 bits per heavy atom. The van der Waals surface area contributed by atoms with E-state index in [0.717, 1.165) is 44.4 Å². The Balaban J connectivity index is 1.14. The highest BCUT2D eigenvalue weighted by atomic mass is 32.1. The number of fused-ring (bicyclic) bond motifs is 7. The maximum absolute atomic E-state index is 6.22. The Kier molecular flexibility index (Phi) is 6.39. The molecule has 3 heteroatoms. The Morgan fingerprint density at radius 2 is 1.06 bits per heavy atom. The molecule has 10 rings (SSSR count). The third-order valence-corrected chi connectivity index (χ3v) is 10.9. The molecular formula is C46H29NOS. The standard InChI is InChI=1S/C46H29NOS/c1-2-11-32(12-3-1)37-15-8-16-40-41-17-9-18-42(46(41)49-45(37)40)47(36-26-22-30-10-4-5-13-33(30)28-36)35-24-20-31(21-25-35)34-23-27-39-38-14-6-7-19-43(38)48-44(39)29-34/h1-29H. The van der Waals surface area contributed by atoms with Gasteiger partial charge in [0.15, 0.2) is 0 Å². The molecule has 0 atom stereocenters. The number of rotatable bonds is 5. The molecule has 10 aromatic rings. The van der Waals surface area contributed by atoms with Crippen molar-refractivity contribution in [3.63, 3.8) is 0 Å². The van der Waals surface area contributed by atoms with Crippen molar-refractivity contribution in [2.75, 3.05) is 4.90 Å². The predicted octanol–water partition coefficient (Wildman–Crippen LogP) is 13.9. The molecule has 230 valence electrons. The van der Waals surface area contributed by atoms with Gasteiger partial charge in [0.2, 0.25) is 0 Å². The topological polar surface area (TPSA) is 16.4 Å². The quantitative estimate of drug-likeness (QED) is 0.186. The van der Waals surface area contributed by atoms with Crippen molar-refractivity contribution in [2.24, 2.45) is 0 Å².